The van der Waals surface area contributed by atoms with Gasteiger partial charge in [0.15, 0.2) is 6.10 Å². The highest BCUT2D eigenvalue weighted by atomic mass is 35.5. The van der Waals surface area contributed by atoms with Gasteiger partial charge in [0.1, 0.15) is 5.75 Å². The highest BCUT2D eigenvalue weighted by Crippen LogP contribution is 2.39. The molecule has 74 valence electrons. The van der Waals surface area contributed by atoms with Gasteiger partial charge in [0.2, 0.25) is 0 Å². The molecule has 1 N–H and O–H groups in total. The van der Waals surface area contributed by atoms with E-state index in [4.69, 9.17) is 33.0 Å². The van der Waals surface area contributed by atoms with Crippen molar-refractivity contribution in [2.75, 3.05) is 0 Å². The van der Waals surface area contributed by atoms with E-state index in [1.54, 1.807) is 12.1 Å². The van der Waals surface area contributed by atoms with Crippen molar-refractivity contribution in [3.8, 4) is 5.75 Å². The number of hydrogen-bond acceptors (Lipinski definition) is 2. The highest BCUT2D eigenvalue weighted by Gasteiger charge is 2.31. The van der Waals surface area contributed by atoms with E-state index in [0.29, 0.717) is 21.4 Å². The average molecular weight is 233 g/mol. The fourth-order valence-electron chi connectivity index (χ4n) is 1.40. The maximum atomic E-state index is 10.7. The van der Waals surface area contributed by atoms with Gasteiger partial charge in [-0.15, -0.1) is 0 Å². The van der Waals surface area contributed by atoms with Crippen LogP contribution < -0.4 is 4.74 Å². The topological polar surface area (TPSA) is 46.5 Å². The molecule has 1 heterocycles. The molecule has 1 aromatic rings. The number of carbonyl (C=O) groups is 1. The molecule has 1 aromatic carbocycles. The van der Waals surface area contributed by atoms with Gasteiger partial charge < -0.3 is 9.84 Å². The average Bonchev–Trinajstić information content (AvgIpc) is 2.57. The van der Waals surface area contributed by atoms with Crippen LogP contribution in [-0.4, -0.2) is 17.2 Å². The van der Waals surface area contributed by atoms with Crippen LogP contribution in [0.5, 0.6) is 5.75 Å². The summed E-state index contributed by atoms with van der Waals surface area (Å²) in [5, 5.41) is 9.65. The van der Waals surface area contributed by atoms with Crippen LogP contribution >= 0.6 is 23.2 Å². The first-order valence-electron chi connectivity index (χ1n) is 3.96. The predicted molar refractivity (Wildman–Crippen MR) is 52.2 cm³/mol. The van der Waals surface area contributed by atoms with Gasteiger partial charge in [-0.05, 0) is 12.1 Å². The number of halogens is 2. The zero-order valence-electron chi connectivity index (χ0n) is 6.96. The summed E-state index contributed by atoms with van der Waals surface area (Å²) in [6.07, 6.45) is -0.605. The smallest absolute Gasteiger partial charge is 0.345 e. The lowest BCUT2D eigenvalue weighted by Crippen LogP contribution is -2.24. The van der Waals surface area contributed by atoms with Crippen molar-refractivity contribution in [2.24, 2.45) is 0 Å². The van der Waals surface area contributed by atoms with E-state index in [1.165, 1.54) is 0 Å². The molecule has 1 aliphatic heterocycles. The molecular weight excluding hydrogens is 227 g/mol. The Labute approximate surface area is 90.2 Å². The molecule has 1 unspecified atom stereocenters. The zero-order chi connectivity index (χ0) is 10.3. The van der Waals surface area contributed by atoms with E-state index < -0.39 is 12.1 Å². The number of aliphatic carboxylic acids is 1. The van der Waals surface area contributed by atoms with Crippen LogP contribution in [0.15, 0.2) is 12.1 Å². The summed E-state index contributed by atoms with van der Waals surface area (Å²) >= 11 is 11.7. The number of benzene rings is 1. The number of carboxylic acids is 1. The van der Waals surface area contributed by atoms with Crippen molar-refractivity contribution in [1.82, 2.24) is 0 Å². The molecule has 0 aromatic heterocycles. The molecule has 1 aliphatic rings. The number of hydrogen-bond donors (Lipinski definition) is 1. The summed E-state index contributed by atoms with van der Waals surface area (Å²) in [6.45, 7) is 0. The molecule has 0 bridgehead atoms. The molecule has 5 heteroatoms. The Kier molecular flexibility index (Phi) is 2.29. The Morgan fingerprint density at radius 3 is 2.64 bits per heavy atom. The van der Waals surface area contributed by atoms with Crippen molar-refractivity contribution < 1.29 is 14.6 Å². The number of ether oxygens (including phenoxy) is 1. The van der Waals surface area contributed by atoms with Crippen molar-refractivity contribution >= 4 is 29.2 Å². The molecule has 0 aliphatic carbocycles. The molecule has 14 heavy (non-hydrogen) atoms. The second-order valence-electron chi connectivity index (χ2n) is 2.99. The normalized spacial score (nSPS) is 18.9. The lowest BCUT2D eigenvalue weighted by atomic mass is 10.1. The minimum absolute atomic E-state index is 0.268. The maximum absolute atomic E-state index is 10.7. The van der Waals surface area contributed by atoms with Crippen LogP contribution in [0.2, 0.25) is 10.0 Å². The zero-order valence-corrected chi connectivity index (χ0v) is 8.47. The van der Waals surface area contributed by atoms with E-state index in [0.717, 1.165) is 0 Å². The van der Waals surface area contributed by atoms with Gasteiger partial charge in [0.25, 0.3) is 0 Å². The summed E-state index contributed by atoms with van der Waals surface area (Å²) in [5.74, 6) is -0.611. The summed E-state index contributed by atoms with van der Waals surface area (Å²) in [5.41, 5.74) is 0.673. The lowest BCUT2D eigenvalue weighted by molar-refractivity contribution is -0.144. The van der Waals surface area contributed by atoms with E-state index in [9.17, 15) is 4.79 Å². The van der Waals surface area contributed by atoms with Crippen LogP contribution in [0.25, 0.3) is 0 Å². The van der Waals surface area contributed by atoms with Crippen molar-refractivity contribution in [1.29, 1.82) is 0 Å². The quantitative estimate of drug-likeness (QED) is 0.809. The third-order valence-electron chi connectivity index (χ3n) is 2.08. The maximum Gasteiger partial charge on any atom is 0.345 e. The lowest BCUT2D eigenvalue weighted by Gasteiger charge is -2.04. The number of fused-ring (bicyclic) bond motifs is 1. The fourth-order valence-corrected chi connectivity index (χ4v) is 1.85. The van der Waals surface area contributed by atoms with Crippen LogP contribution in [0.3, 0.4) is 0 Å². The van der Waals surface area contributed by atoms with Gasteiger partial charge >= 0.3 is 5.97 Å². The first-order chi connectivity index (χ1) is 6.59. The van der Waals surface area contributed by atoms with Gasteiger partial charge in [0, 0.05) is 17.0 Å². The molecule has 1 atom stereocenters. The minimum atomic E-state index is -1.01. The standard InChI is InChI=1S/C9H6Cl2O3/c10-5-1-2-6(11)8-4(5)3-7(14-8)9(12)13/h1-2,7H,3H2,(H,12,13). The molecule has 0 spiro atoms. The van der Waals surface area contributed by atoms with Gasteiger partial charge in [-0.3, -0.25) is 0 Å². The summed E-state index contributed by atoms with van der Waals surface area (Å²) < 4.78 is 5.16. The molecule has 0 amide bonds. The van der Waals surface area contributed by atoms with E-state index >= 15 is 0 Å². The molecule has 0 saturated heterocycles. The van der Waals surface area contributed by atoms with Crippen LogP contribution in [0.1, 0.15) is 5.56 Å². The Morgan fingerprint density at radius 2 is 2.07 bits per heavy atom. The van der Waals surface area contributed by atoms with E-state index in [-0.39, 0.29) is 6.42 Å². The van der Waals surface area contributed by atoms with Crippen LogP contribution in [0, 0.1) is 0 Å². The number of carboxylic acid groups (broad SMARTS) is 1. The molecule has 2 rings (SSSR count). The van der Waals surface area contributed by atoms with Crippen molar-refractivity contribution in [3.63, 3.8) is 0 Å². The molecular formula is C9H6Cl2O3. The van der Waals surface area contributed by atoms with Crippen LogP contribution in [-0.2, 0) is 11.2 Å². The predicted octanol–water partition coefficient (Wildman–Crippen LogP) is 2.38. The van der Waals surface area contributed by atoms with Crippen molar-refractivity contribution in [2.45, 2.75) is 12.5 Å². The third kappa shape index (κ3) is 1.42. The molecule has 0 radical (unpaired) electrons. The summed E-state index contributed by atoms with van der Waals surface area (Å²) in [4.78, 5) is 10.7. The van der Waals surface area contributed by atoms with Gasteiger partial charge in [-0.1, -0.05) is 23.2 Å². The Balaban J connectivity index is 2.43. The Bertz CT molecular complexity index is 372. The minimum Gasteiger partial charge on any atom is -0.478 e. The van der Waals surface area contributed by atoms with Gasteiger partial charge in [-0.25, -0.2) is 4.79 Å². The molecule has 3 nitrogen and oxygen atoms in total. The first kappa shape index (κ1) is 9.62. The monoisotopic (exact) mass is 232 g/mol. The molecule has 0 saturated carbocycles. The van der Waals surface area contributed by atoms with Crippen molar-refractivity contribution in [3.05, 3.63) is 27.7 Å². The Hall–Kier alpha value is -0.930. The molecule has 0 fully saturated rings. The van der Waals surface area contributed by atoms with E-state index in [1.807, 2.05) is 0 Å². The fraction of sp³-hybridized carbons (Fsp3) is 0.222. The van der Waals surface area contributed by atoms with Crippen LogP contribution in [0.4, 0.5) is 0 Å². The number of rotatable bonds is 1. The SMILES string of the molecule is O=C(O)C1Cc2c(Cl)ccc(Cl)c2O1. The van der Waals surface area contributed by atoms with Gasteiger partial charge in [0.05, 0.1) is 5.02 Å². The second kappa shape index (κ2) is 3.33. The first-order valence-corrected chi connectivity index (χ1v) is 4.71. The largest absolute Gasteiger partial charge is 0.478 e. The Morgan fingerprint density at radius 1 is 1.43 bits per heavy atom. The summed E-state index contributed by atoms with van der Waals surface area (Å²) in [6, 6.07) is 3.23. The van der Waals surface area contributed by atoms with E-state index in [2.05, 4.69) is 0 Å². The van der Waals surface area contributed by atoms with Gasteiger partial charge in [-0.2, -0.15) is 0 Å². The third-order valence-corrected chi connectivity index (χ3v) is 2.73. The highest BCUT2D eigenvalue weighted by molar-refractivity contribution is 6.35. The summed E-state index contributed by atoms with van der Waals surface area (Å²) in [7, 11) is 0. The second-order valence-corrected chi connectivity index (χ2v) is 3.80.